The highest BCUT2D eigenvalue weighted by molar-refractivity contribution is 7.92. The number of hydrogen-bond donors (Lipinski definition) is 1. The van der Waals surface area contributed by atoms with Crippen LogP contribution in [0.3, 0.4) is 0 Å². The maximum Gasteiger partial charge on any atom is 0.262 e. The summed E-state index contributed by atoms with van der Waals surface area (Å²) in [7, 11) is -3.64. The fourth-order valence-electron chi connectivity index (χ4n) is 3.41. The summed E-state index contributed by atoms with van der Waals surface area (Å²) >= 11 is 0. The van der Waals surface area contributed by atoms with Crippen molar-refractivity contribution in [1.82, 2.24) is 4.98 Å². The largest absolute Gasteiger partial charge is 0.280 e. The van der Waals surface area contributed by atoms with Crippen LogP contribution in [0.25, 0.3) is 0 Å². The Bertz CT molecular complexity index is 1020. The molecule has 4 nitrogen and oxygen atoms in total. The third-order valence-electron chi connectivity index (χ3n) is 4.45. The van der Waals surface area contributed by atoms with Crippen LogP contribution in [0.5, 0.6) is 0 Å². The van der Waals surface area contributed by atoms with Gasteiger partial charge in [-0.2, -0.15) is 0 Å². The fourth-order valence-corrected chi connectivity index (χ4v) is 4.91. The average Bonchev–Trinajstić information content (AvgIpc) is 2.59. The van der Waals surface area contributed by atoms with Gasteiger partial charge in [0.15, 0.2) is 0 Å². The summed E-state index contributed by atoms with van der Waals surface area (Å²) in [6, 6.07) is 17.2. The average molecular weight is 381 g/mol. The summed E-state index contributed by atoms with van der Waals surface area (Å²) in [4.78, 5) is 4.68. The number of sulfonamides is 1. The van der Waals surface area contributed by atoms with Crippen LogP contribution in [-0.4, -0.2) is 13.4 Å². The molecule has 2 aromatic carbocycles. The Morgan fingerprint density at radius 2 is 1.63 bits per heavy atom. The van der Waals surface area contributed by atoms with Crippen molar-refractivity contribution in [3.05, 3.63) is 88.7 Å². The van der Waals surface area contributed by atoms with Gasteiger partial charge in [-0.05, 0) is 74.6 Å². The molecule has 0 saturated carbocycles. The maximum atomic E-state index is 12.9. The molecule has 5 heteroatoms. The van der Waals surface area contributed by atoms with Crippen molar-refractivity contribution in [1.29, 1.82) is 0 Å². The number of aryl methyl sites for hydroxylation is 5. The quantitative estimate of drug-likeness (QED) is 0.680. The molecular formula is C22H24N2O2S. The van der Waals surface area contributed by atoms with Crippen molar-refractivity contribution >= 4 is 15.7 Å². The molecular weight excluding hydrogens is 356 g/mol. The predicted octanol–water partition coefficient (Wildman–Crippen LogP) is 4.59. The van der Waals surface area contributed by atoms with Gasteiger partial charge in [0, 0.05) is 17.6 Å². The Morgan fingerprint density at radius 1 is 0.889 bits per heavy atom. The highest BCUT2D eigenvalue weighted by Gasteiger charge is 2.20. The molecule has 0 bridgehead atoms. The van der Waals surface area contributed by atoms with Crippen molar-refractivity contribution in [3.63, 3.8) is 0 Å². The summed E-state index contributed by atoms with van der Waals surface area (Å²) in [6.45, 7) is 5.63. The number of rotatable bonds is 6. The first-order chi connectivity index (χ1) is 12.8. The van der Waals surface area contributed by atoms with Gasteiger partial charge in [-0.15, -0.1) is 0 Å². The fraction of sp³-hybridized carbons (Fsp3) is 0.227. The predicted molar refractivity (Wildman–Crippen MR) is 110 cm³/mol. The minimum absolute atomic E-state index is 0.354. The maximum absolute atomic E-state index is 12.9. The molecule has 0 radical (unpaired) electrons. The molecule has 0 unspecified atom stereocenters. The van der Waals surface area contributed by atoms with Crippen LogP contribution in [0.1, 0.15) is 27.9 Å². The molecule has 0 spiro atoms. The van der Waals surface area contributed by atoms with E-state index in [-0.39, 0.29) is 0 Å². The summed E-state index contributed by atoms with van der Waals surface area (Å²) < 4.78 is 28.6. The number of benzene rings is 2. The lowest BCUT2D eigenvalue weighted by atomic mass is 10.1. The lowest BCUT2D eigenvalue weighted by Gasteiger charge is -2.14. The van der Waals surface area contributed by atoms with Gasteiger partial charge in [0.2, 0.25) is 0 Å². The SMILES string of the molecule is Cc1cc(C)c(S(=O)(=O)Nc2cccc(CCc3ccccn3)c2)c(C)c1. The van der Waals surface area contributed by atoms with Crippen molar-refractivity contribution in [3.8, 4) is 0 Å². The van der Waals surface area contributed by atoms with E-state index in [1.165, 1.54) is 0 Å². The van der Waals surface area contributed by atoms with Crippen molar-refractivity contribution < 1.29 is 8.42 Å². The summed E-state index contributed by atoms with van der Waals surface area (Å²) in [6.07, 6.45) is 3.40. The summed E-state index contributed by atoms with van der Waals surface area (Å²) in [5.41, 5.74) is 5.23. The van der Waals surface area contributed by atoms with Crippen LogP contribution >= 0.6 is 0 Å². The molecule has 1 aromatic heterocycles. The van der Waals surface area contributed by atoms with Crippen molar-refractivity contribution in [2.45, 2.75) is 38.5 Å². The zero-order chi connectivity index (χ0) is 19.4. The third kappa shape index (κ3) is 4.74. The second kappa shape index (κ2) is 7.92. The Hall–Kier alpha value is -2.66. The molecule has 0 fully saturated rings. The second-order valence-corrected chi connectivity index (χ2v) is 8.47. The van der Waals surface area contributed by atoms with E-state index in [2.05, 4.69) is 9.71 Å². The van der Waals surface area contributed by atoms with Gasteiger partial charge in [-0.3, -0.25) is 9.71 Å². The molecule has 0 saturated heterocycles. The molecule has 3 aromatic rings. The van der Waals surface area contributed by atoms with E-state index in [1.54, 1.807) is 12.3 Å². The van der Waals surface area contributed by atoms with Gasteiger partial charge in [0.05, 0.1) is 4.90 Å². The number of hydrogen-bond acceptors (Lipinski definition) is 3. The molecule has 27 heavy (non-hydrogen) atoms. The van der Waals surface area contributed by atoms with Crippen LogP contribution in [0, 0.1) is 20.8 Å². The number of pyridine rings is 1. The Morgan fingerprint density at radius 3 is 2.30 bits per heavy atom. The topological polar surface area (TPSA) is 59.1 Å². The Kier molecular flexibility index (Phi) is 5.61. The molecule has 0 amide bonds. The van der Waals surface area contributed by atoms with Crippen molar-refractivity contribution in [2.75, 3.05) is 4.72 Å². The molecule has 0 aliphatic carbocycles. The number of aromatic nitrogens is 1. The molecule has 0 atom stereocenters. The first-order valence-electron chi connectivity index (χ1n) is 8.95. The zero-order valence-electron chi connectivity index (χ0n) is 15.9. The van der Waals surface area contributed by atoms with Crippen LogP contribution in [0.4, 0.5) is 5.69 Å². The van der Waals surface area contributed by atoms with Gasteiger partial charge in [-0.25, -0.2) is 8.42 Å². The Labute approximate surface area is 161 Å². The third-order valence-corrected chi connectivity index (χ3v) is 6.13. The van der Waals surface area contributed by atoms with E-state index in [0.717, 1.165) is 40.8 Å². The Balaban J connectivity index is 1.79. The summed E-state index contributed by atoms with van der Waals surface area (Å²) in [5, 5.41) is 0. The molecule has 3 rings (SSSR count). The van der Waals surface area contributed by atoms with Gasteiger partial charge in [0.1, 0.15) is 0 Å². The van der Waals surface area contributed by atoms with Gasteiger partial charge >= 0.3 is 0 Å². The van der Waals surface area contributed by atoms with Gasteiger partial charge in [-0.1, -0.05) is 35.9 Å². The summed E-state index contributed by atoms with van der Waals surface area (Å²) in [5.74, 6) is 0. The van der Waals surface area contributed by atoms with E-state index in [9.17, 15) is 8.42 Å². The second-order valence-electron chi connectivity index (χ2n) is 6.85. The van der Waals surface area contributed by atoms with Gasteiger partial charge in [0.25, 0.3) is 10.0 Å². The molecule has 1 heterocycles. The van der Waals surface area contributed by atoms with Crippen LogP contribution in [0.15, 0.2) is 65.7 Å². The standard InChI is InChI=1S/C22H24N2O2S/c1-16-13-17(2)22(18(3)14-16)27(25,26)24-21-9-6-7-19(15-21)10-11-20-8-4-5-12-23-20/h4-9,12-15,24H,10-11H2,1-3H3. The smallest absolute Gasteiger partial charge is 0.262 e. The van der Waals surface area contributed by atoms with E-state index in [0.29, 0.717) is 10.6 Å². The molecule has 0 aliphatic heterocycles. The lowest BCUT2D eigenvalue weighted by Crippen LogP contribution is -2.16. The van der Waals surface area contributed by atoms with Crippen LogP contribution < -0.4 is 4.72 Å². The van der Waals surface area contributed by atoms with Crippen LogP contribution in [-0.2, 0) is 22.9 Å². The van der Waals surface area contributed by atoms with E-state index in [4.69, 9.17) is 0 Å². The first kappa shape index (κ1) is 19.1. The number of anilines is 1. The highest BCUT2D eigenvalue weighted by Crippen LogP contribution is 2.25. The van der Waals surface area contributed by atoms with Gasteiger partial charge < -0.3 is 0 Å². The van der Waals surface area contributed by atoms with E-state index >= 15 is 0 Å². The zero-order valence-corrected chi connectivity index (χ0v) is 16.7. The number of nitrogens with one attached hydrogen (secondary N) is 1. The van der Waals surface area contributed by atoms with Crippen LogP contribution in [0.2, 0.25) is 0 Å². The minimum Gasteiger partial charge on any atom is -0.280 e. The van der Waals surface area contributed by atoms with Crippen molar-refractivity contribution in [2.24, 2.45) is 0 Å². The molecule has 0 aliphatic rings. The van der Waals surface area contributed by atoms with E-state index < -0.39 is 10.0 Å². The minimum atomic E-state index is -3.64. The molecule has 140 valence electrons. The normalized spacial score (nSPS) is 11.4. The first-order valence-corrected chi connectivity index (χ1v) is 10.4. The van der Waals surface area contributed by atoms with E-state index in [1.807, 2.05) is 69.3 Å². The number of nitrogens with zero attached hydrogens (tertiary/aromatic N) is 1. The monoisotopic (exact) mass is 380 g/mol. The molecule has 1 N–H and O–H groups in total. The lowest BCUT2D eigenvalue weighted by molar-refractivity contribution is 0.600. The highest BCUT2D eigenvalue weighted by atomic mass is 32.2.